The van der Waals surface area contributed by atoms with Crippen LogP contribution in [0.25, 0.3) is 0 Å². The van der Waals surface area contributed by atoms with Crippen LogP contribution in [0, 0.1) is 21.0 Å². The van der Waals surface area contributed by atoms with Gasteiger partial charge in [0.05, 0.1) is 0 Å². The van der Waals surface area contributed by atoms with Gasteiger partial charge >= 0.3 is 5.97 Å². The molecule has 1 amide bonds. The summed E-state index contributed by atoms with van der Waals surface area (Å²) in [6, 6.07) is 6.23. The van der Waals surface area contributed by atoms with Gasteiger partial charge in [0.1, 0.15) is 29.1 Å². The van der Waals surface area contributed by atoms with E-state index in [1.807, 2.05) is 22.6 Å². The van der Waals surface area contributed by atoms with Crippen LogP contribution < -0.4 is 5.32 Å². The van der Waals surface area contributed by atoms with E-state index in [-0.39, 0.29) is 6.42 Å². The molecule has 4 nitrogen and oxygen atoms in total. The van der Waals surface area contributed by atoms with Gasteiger partial charge in [-0.25, -0.2) is 18.0 Å². The Morgan fingerprint density at radius 2 is 1.71 bits per heavy atom. The van der Waals surface area contributed by atoms with Crippen molar-refractivity contribution in [3.8, 4) is 0 Å². The molecule has 0 fully saturated rings. The number of rotatable bonds is 5. The average Bonchev–Trinajstić information content (AvgIpc) is 2.47. The van der Waals surface area contributed by atoms with E-state index in [0.717, 1.165) is 3.57 Å². The third-order valence-electron chi connectivity index (χ3n) is 3.22. The van der Waals surface area contributed by atoms with Gasteiger partial charge in [-0.05, 0) is 34.2 Å². The molecule has 0 aromatic heterocycles. The van der Waals surface area contributed by atoms with Crippen LogP contribution in [-0.4, -0.2) is 23.0 Å². The first-order valence-electron chi connectivity index (χ1n) is 6.71. The number of carboxylic acid groups (broad SMARTS) is 1. The first-order chi connectivity index (χ1) is 11.3. The van der Waals surface area contributed by atoms with Gasteiger partial charge < -0.3 is 10.4 Å². The van der Waals surface area contributed by atoms with E-state index in [4.69, 9.17) is 0 Å². The Morgan fingerprint density at radius 3 is 2.25 bits per heavy atom. The van der Waals surface area contributed by atoms with Crippen LogP contribution >= 0.6 is 22.6 Å². The van der Waals surface area contributed by atoms with Gasteiger partial charge in [-0.3, -0.25) is 4.79 Å². The second-order valence-corrected chi connectivity index (χ2v) is 6.07. The van der Waals surface area contributed by atoms with Gasteiger partial charge in [-0.1, -0.05) is 18.2 Å². The Hall–Kier alpha value is -2.10. The number of halogens is 4. The normalized spacial score (nSPS) is 11.8. The summed E-state index contributed by atoms with van der Waals surface area (Å²) in [5.41, 5.74) is -0.365. The summed E-state index contributed by atoms with van der Waals surface area (Å²) >= 11 is 2.01. The molecule has 8 heteroatoms. The highest BCUT2D eigenvalue weighted by Crippen LogP contribution is 2.17. The Balaban J connectivity index is 2.24. The number of carbonyl (C=O) groups is 2. The number of benzene rings is 2. The van der Waals surface area contributed by atoms with Crippen LogP contribution in [-0.2, 0) is 11.2 Å². The van der Waals surface area contributed by atoms with E-state index in [0.29, 0.717) is 17.7 Å². The first kappa shape index (κ1) is 18.2. The fourth-order valence-electron chi connectivity index (χ4n) is 2.07. The second kappa shape index (κ2) is 7.65. The zero-order chi connectivity index (χ0) is 17.9. The fraction of sp³-hybridized carbons (Fsp3) is 0.125. The van der Waals surface area contributed by atoms with E-state index in [1.54, 1.807) is 24.3 Å². The SMILES string of the molecule is O=C(N[C@H](Cc1ccccc1I)C(=O)O)c1c(F)cc(F)cc1F. The highest BCUT2D eigenvalue weighted by atomic mass is 127. The lowest BCUT2D eigenvalue weighted by atomic mass is 10.1. The maximum atomic E-state index is 13.6. The van der Waals surface area contributed by atoms with Crippen LogP contribution in [0.3, 0.4) is 0 Å². The van der Waals surface area contributed by atoms with E-state index in [9.17, 15) is 27.9 Å². The van der Waals surface area contributed by atoms with Crippen LogP contribution in [0.2, 0.25) is 0 Å². The van der Waals surface area contributed by atoms with Crippen LogP contribution in [0.15, 0.2) is 36.4 Å². The summed E-state index contributed by atoms with van der Waals surface area (Å²) in [5, 5.41) is 11.3. The summed E-state index contributed by atoms with van der Waals surface area (Å²) in [7, 11) is 0. The second-order valence-electron chi connectivity index (χ2n) is 4.90. The number of hydrogen-bond donors (Lipinski definition) is 2. The molecule has 0 bridgehead atoms. The molecule has 1 atom stereocenters. The molecule has 24 heavy (non-hydrogen) atoms. The zero-order valence-electron chi connectivity index (χ0n) is 12.0. The van der Waals surface area contributed by atoms with Crippen LogP contribution in [0.1, 0.15) is 15.9 Å². The molecule has 0 saturated heterocycles. The standard InChI is InChI=1S/C16H11F3INO3/c17-9-6-10(18)14(11(19)7-9)15(22)21-13(16(23)24)5-8-3-1-2-4-12(8)20/h1-4,6-7,13H,5H2,(H,21,22)(H,23,24)/t13-/m1/s1. The summed E-state index contributed by atoms with van der Waals surface area (Å²) in [6.45, 7) is 0. The minimum atomic E-state index is -1.40. The summed E-state index contributed by atoms with van der Waals surface area (Å²) in [5.74, 6) is -6.59. The lowest BCUT2D eigenvalue weighted by Crippen LogP contribution is -2.43. The molecule has 0 saturated carbocycles. The molecule has 0 aliphatic rings. The van der Waals surface area contributed by atoms with Gasteiger partial charge in [-0.15, -0.1) is 0 Å². The minimum absolute atomic E-state index is 0.0649. The summed E-state index contributed by atoms with van der Waals surface area (Å²) in [4.78, 5) is 23.4. The van der Waals surface area contributed by atoms with Gasteiger partial charge in [0, 0.05) is 22.1 Å². The third-order valence-corrected chi connectivity index (χ3v) is 4.27. The van der Waals surface area contributed by atoms with Crippen LogP contribution in [0.4, 0.5) is 13.2 Å². The van der Waals surface area contributed by atoms with Crippen molar-refractivity contribution in [1.82, 2.24) is 5.32 Å². The van der Waals surface area contributed by atoms with Crippen molar-refractivity contribution in [3.63, 3.8) is 0 Å². The molecule has 0 radical (unpaired) electrons. The van der Waals surface area contributed by atoms with E-state index in [2.05, 4.69) is 5.32 Å². The quantitative estimate of drug-likeness (QED) is 0.690. The maximum absolute atomic E-state index is 13.6. The van der Waals surface area contributed by atoms with Gasteiger partial charge in [-0.2, -0.15) is 0 Å². The van der Waals surface area contributed by atoms with Crippen molar-refractivity contribution < 1.29 is 27.9 Å². The molecular weight excluding hydrogens is 438 g/mol. The van der Waals surface area contributed by atoms with Crippen molar-refractivity contribution in [2.75, 3.05) is 0 Å². The molecule has 0 aliphatic carbocycles. The van der Waals surface area contributed by atoms with Crippen molar-refractivity contribution in [2.45, 2.75) is 12.5 Å². The summed E-state index contributed by atoms with van der Waals surface area (Å²) < 4.78 is 40.9. The fourth-order valence-corrected chi connectivity index (χ4v) is 2.68. The van der Waals surface area contributed by atoms with E-state index >= 15 is 0 Å². The van der Waals surface area contributed by atoms with Crippen molar-refractivity contribution in [1.29, 1.82) is 0 Å². The van der Waals surface area contributed by atoms with Crippen molar-refractivity contribution in [2.24, 2.45) is 0 Å². The molecule has 0 aliphatic heterocycles. The molecule has 2 aromatic rings. The molecule has 0 spiro atoms. The predicted molar refractivity (Wildman–Crippen MR) is 88.1 cm³/mol. The third kappa shape index (κ3) is 4.25. The predicted octanol–water partition coefficient (Wildman–Crippen LogP) is 3.13. The number of hydrogen-bond acceptors (Lipinski definition) is 2. The van der Waals surface area contributed by atoms with Crippen LogP contribution in [0.5, 0.6) is 0 Å². The van der Waals surface area contributed by atoms with E-state index in [1.165, 1.54) is 0 Å². The number of aliphatic carboxylic acids is 1. The Labute approximate surface area is 148 Å². The zero-order valence-corrected chi connectivity index (χ0v) is 14.2. The number of amides is 1. The number of carboxylic acids is 1. The Kier molecular flexibility index (Phi) is 5.81. The maximum Gasteiger partial charge on any atom is 0.326 e. The number of nitrogens with one attached hydrogen (secondary N) is 1. The van der Waals surface area contributed by atoms with Gasteiger partial charge in [0.15, 0.2) is 0 Å². The lowest BCUT2D eigenvalue weighted by molar-refractivity contribution is -0.139. The van der Waals surface area contributed by atoms with E-state index < -0.39 is 40.9 Å². The molecule has 2 N–H and O–H groups in total. The molecule has 2 aromatic carbocycles. The van der Waals surface area contributed by atoms with Gasteiger partial charge in [0.2, 0.25) is 0 Å². The topological polar surface area (TPSA) is 66.4 Å². The molecule has 2 rings (SSSR count). The molecule has 0 heterocycles. The first-order valence-corrected chi connectivity index (χ1v) is 7.79. The summed E-state index contributed by atoms with van der Waals surface area (Å²) in [6.07, 6.45) is -0.0649. The number of carbonyl (C=O) groups excluding carboxylic acids is 1. The molecule has 0 unspecified atom stereocenters. The lowest BCUT2D eigenvalue weighted by Gasteiger charge is -2.16. The molecule has 126 valence electrons. The largest absolute Gasteiger partial charge is 0.480 e. The average molecular weight is 449 g/mol. The minimum Gasteiger partial charge on any atom is -0.480 e. The Morgan fingerprint density at radius 1 is 1.12 bits per heavy atom. The smallest absolute Gasteiger partial charge is 0.326 e. The molecular formula is C16H11F3INO3. The Bertz CT molecular complexity index is 775. The monoisotopic (exact) mass is 449 g/mol. The highest BCUT2D eigenvalue weighted by molar-refractivity contribution is 14.1. The highest BCUT2D eigenvalue weighted by Gasteiger charge is 2.26. The van der Waals surface area contributed by atoms with Crippen molar-refractivity contribution in [3.05, 3.63) is 68.5 Å². The van der Waals surface area contributed by atoms with Crippen molar-refractivity contribution >= 4 is 34.5 Å². The van der Waals surface area contributed by atoms with Gasteiger partial charge in [0.25, 0.3) is 5.91 Å².